The van der Waals surface area contributed by atoms with Gasteiger partial charge < -0.3 is 5.11 Å². The number of rotatable bonds is 3. The third-order valence-corrected chi connectivity index (χ3v) is 5.22. The molecular formula is C10H12N4O3S2. The van der Waals surface area contributed by atoms with E-state index < -0.39 is 18.0 Å². The topological polar surface area (TPSA) is 95.4 Å². The van der Waals surface area contributed by atoms with E-state index in [-0.39, 0.29) is 5.37 Å². The van der Waals surface area contributed by atoms with Crippen LogP contribution in [-0.2, 0) is 4.79 Å². The fourth-order valence-electron chi connectivity index (χ4n) is 2.10. The predicted octanol–water partition coefficient (Wildman–Crippen LogP) is 1.31. The summed E-state index contributed by atoms with van der Waals surface area (Å²) in [6.45, 7) is 0. The molecule has 0 spiro atoms. The minimum absolute atomic E-state index is 0.0333. The van der Waals surface area contributed by atoms with Crippen molar-refractivity contribution >= 4 is 40.2 Å². The Morgan fingerprint density at radius 1 is 1.47 bits per heavy atom. The van der Waals surface area contributed by atoms with Gasteiger partial charge in [-0.25, -0.2) is 9.59 Å². The molecular weight excluding hydrogens is 288 g/mol. The first-order valence-electron chi connectivity index (χ1n) is 5.86. The van der Waals surface area contributed by atoms with Crippen LogP contribution in [0, 0.1) is 5.92 Å². The van der Waals surface area contributed by atoms with Gasteiger partial charge in [-0.15, -0.1) is 22.0 Å². The molecule has 1 saturated heterocycles. The Morgan fingerprint density at radius 2 is 2.26 bits per heavy atom. The zero-order chi connectivity index (χ0) is 13.4. The Bertz CT molecular complexity index is 491. The molecule has 0 bridgehead atoms. The SMILES string of the molecule is O=C(O)C1CSC(C2CC2)N1C(=O)Nc1nncs1. The minimum atomic E-state index is -0.955. The average Bonchev–Trinajstić information content (AvgIpc) is 2.91. The maximum Gasteiger partial charge on any atom is 0.327 e. The molecule has 2 amide bonds. The number of hydrogen-bond donors (Lipinski definition) is 2. The van der Waals surface area contributed by atoms with Gasteiger partial charge in [-0.05, 0) is 18.8 Å². The van der Waals surface area contributed by atoms with Gasteiger partial charge in [-0.1, -0.05) is 11.3 Å². The van der Waals surface area contributed by atoms with E-state index in [0.29, 0.717) is 16.8 Å². The second-order valence-electron chi connectivity index (χ2n) is 4.50. The second-order valence-corrected chi connectivity index (χ2v) is 6.48. The summed E-state index contributed by atoms with van der Waals surface area (Å²) in [5.41, 5.74) is 1.52. The highest BCUT2D eigenvalue weighted by Gasteiger charge is 2.48. The van der Waals surface area contributed by atoms with Gasteiger partial charge in [-0.3, -0.25) is 10.2 Å². The highest BCUT2D eigenvalue weighted by atomic mass is 32.2. The number of nitrogens with zero attached hydrogens (tertiary/aromatic N) is 3. The zero-order valence-corrected chi connectivity index (χ0v) is 11.5. The molecule has 2 unspecified atom stereocenters. The summed E-state index contributed by atoms with van der Waals surface area (Å²) in [5, 5.41) is 19.6. The molecule has 1 saturated carbocycles. The number of nitrogens with one attached hydrogen (secondary N) is 1. The zero-order valence-electron chi connectivity index (χ0n) is 9.85. The van der Waals surface area contributed by atoms with Crippen molar-refractivity contribution in [3.63, 3.8) is 0 Å². The van der Waals surface area contributed by atoms with Crippen molar-refractivity contribution in [2.24, 2.45) is 5.92 Å². The molecule has 2 atom stereocenters. The number of carbonyl (C=O) groups excluding carboxylic acids is 1. The third kappa shape index (κ3) is 2.52. The van der Waals surface area contributed by atoms with Gasteiger partial charge in [0, 0.05) is 5.75 Å². The van der Waals surface area contributed by atoms with Crippen molar-refractivity contribution in [2.75, 3.05) is 11.1 Å². The monoisotopic (exact) mass is 300 g/mol. The number of hydrogen-bond acceptors (Lipinski definition) is 6. The normalized spacial score (nSPS) is 26.4. The number of aromatic nitrogens is 2. The quantitative estimate of drug-likeness (QED) is 0.874. The average molecular weight is 300 g/mol. The third-order valence-electron chi connectivity index (χ3n) is 3.15. The van der Waals surface area contributed by atoms with E-state index in [9.17, 15) is 14.7 Å². The van der Waals surface area contributed by atoms with Gasteiger partial charge in [0.1, 0.15) is 11.6 Å². The van der Waals surface area contributed by atoms with E-state index in [4.69, 9.17) is 0 Å². The van der Waals surface area contributed by atoms with Crippen molar-refractivity contribution in [3.8, 4) is 0 Å². The van der Waals surface area contributed by atoms with Crippen LogP contribution < -0.4 is 5.32 Å². The lowest BCUT2D eigenvalue weighted by atomic mass is 10.2. The van der Waals surface area contributed by atoms with Crippen LogP contribution in [0.3, 0.4) is 0 Å². The smallest absolute Gasteiger partial charge is 0.327 e. The van der Waals surface area contributed by atoms with E-state index in [1.165, 1.54) is 21.7 Å². The number of thioether (sulfide) groups is 1. The van der Waals surface area contributed by atoms with Crippen molar-refractivity contribution < 1.29 is 14.7 Å². The molecule has 2 N–H and O–H groups in total. The van der Waals surface area contributed by atoms with Crippen molar-refractivity contribution in [1.82, 2.24) is 15.1 Å². The van der Waals surface area contributed by atoms with E-state index >= 15 is 0 Å². The second kappa shape index (κ2) is 4.97. The van der Waals surface area contributed by atoms with E-state index in [2.05, 4.69) is 15.5 Å². The summed E-state index contributed by atoms with van der Waals surface area (Å²) in [7, 11) is 0. The van der Waals surface area contributed by atoms with Crippen LogP contribution >= 0.6 is 23.1 Å². The van der Waals surface area contributed by atoms with Crippen LogP contribution in [0.2, 0.25) is 0 Å². The molecule has 7 nitrogen and oxygen atoms in total. The summed E-state index contributed by atoms with van der Waals surface area (Å²) in [4.78, 5) is 24.9. The van der Waals surface area contributed by atoms with Gasteiger partial charge in [0.15, 0.2) is 0 Å². The molecule has 102 valence electrons. The first-order chi connectivity index (χ1) is 9.16. The molecule has 0 aromatic carbocycles. The van der Waals surface area contributed by atoms with Gasteiger partial charge in [0.2, 0.25) is 5.13 Å². The first-order valence-corrected chi connectivity index (χ1v) is 7.79. The molecule has 2 heterocycles. The van der Waals surface area contributed by atoms with Crippen LogP contribution in [0.5, 0.6) is 0 Å². The lowest BCUT2D eigenvalue weighted by Gasteiger charge is -2.26. The van der Waals surface area contributed by atoms with Crippen LogP contribution in [0.1, 0.15) is 12.8 Å². The molecule has 3 rings (SSSR count). The number of carboxylic acid groups (broad SMARTS) is 1. The Kier molecular flexibility index (Phi) is 3.31. The van der Waals surface area contributed by atoms with Crippen LogP contribution in [0.25, 0.3) is 0 Å². The molecule has 1 aromatic rings. The molecule has 1 aromatic heterocycles. The van der Waals surface area contributed by atoms with Gasteiger partial charge in [0.05, 0.1) is 5.37 Å². The number of aliphatic carboxylic acids is 1. The number of anilines is 1. The molecule has 1 aliphatic carbocycles. The number of urea groups is 1. The maximum absolute atomic E-state index is 12.2. The Balaban J connectivity index is 1.76. The largest absolute Gasteiger partial charge is 0.480 e. The minimum Gasteiger partial charge on any atom is -0.480 e. The number of amides is 2. The van der Waals surface area contributed by atoms with Crippen molar-refractivity contribution in [1.29, 1.82) is 0 Å². The van der Waals surface area contributed by atoms with Crippen LogP contribution in [0.15, 0.2) is 5.51 Å². The van der Waals surface area contributed by atoms with E-state index in [0.717, 1.165) is 12.8 Å². The fourth-order valence-corrected chi connectivity index (χ4v) is 4.17. The highest BCUT2D eigenvalue weighted by Crippen LogP contribution is 2.45. The molecule has 2 fully saturated rings. The van der Waals surface area contributed by atoms with Gasteiger partial charge >= 0.3 is 12.0 Å². The Morgan fingerprint density at radius 3 is 2.84 bits per heavy atom. The van der Waals surface area contributed by atoms with Crippen molar-refractivity contribution in [2.45, 2.75) is 24.3 Å². The van der Waals surface area contributed by atoms with Crippen LogP contribution in [-0.4, -0.2) is 49.4 Å². The highest BCUT2D eigenvalue weighted by molar-refractivity contribution is 8.00. The predicted molar refractivity (Wildman–Crippen MR) is 71.2 cm³/mol. The molecule has 19 heavy (non-hydrogen) atoms. The standard InChI is InChI=1S/C10H12N4O3S2/c15-8(16)6-3-18-7(5-1-2-5)14(6)10(17)12-9-13-11-4-19-9/h4-7H,1-3H2,(H,15,16)(H,12,13,17). The van der Waals surface area contributed by atoms with E-state index in [1.807, 2.05) is 0 Å². The van der Waals surface area contributed by atoms with Crippen LogP contribution in [0.4, 0.5) is 9.93 Å². The molecule has 0 radical (unpaired) electrons. The lowest BCUT2D eigenvalue weighted by molar-refractivity contribution is -0.141. The molecule has 2 aliphatic rings. The van der Waals surface area contributed by atoms with E-state index in [1.54, 1.807) is 11.8 Å². The summed E-state index contributed by atoms with van der Waals surface area (Å²) in [5.74, 6) is -0.0855. The summed E-state index contributed by atoms with van der Waals surface area (Å²) in [6, 6.07) is -1.16. The summed E-state index contributed by atoms with van der Waals surface area (Å²) >= 11 is 2.76. The Labute approximate surface area is 117 Å². The van der Waals surface area contributed by atoms with Gasteiger partial charge in [0.25, 0.3) is 0 Å². The van der Waals surface area contributed by atoms with Gasteiger partial charge in [-0.2, -0.15) is 0 Å². The first kappa shape index (κ1) is 12.7. The number of carbonyl (C=O) groups is 2. The maximum atomic E-state index is 12.2. The van der Waals surface area contributed by atoms with Crippen molar-refractivity contribution in [3.05, 3.63) is 5.51 Å². The summed E-state index contributed by atoms with van der Waals surface area (Å²) < 4.78 is 0. The Hall–Kier alpha value is -1.35. The summed E-state index contributed by atoms with van der Waals surface area (Å²) in [6.07, 6.45) is 2.12. The lowest BCUT2D eigenvalue weighted by Crippen LogP contribution is -2.48. The fraction of sp³-hybridized carbons (Fsp3) is 0.600. The molecule has 9 heteroatoms. The molecule has 1 aliphatic heterocycles. The number of carboxylic acids is 1.